The number of benzene rings is 1. The van der Waals surface area contributed by atoms with E-state index in [0.717, 1.165) is 12.1 Å². The lowest BCUT2D eigenvalue weighted by Gasteiger charge is -2.36. The number of rotatable bonds is 4. The highest BCUT2D eigenvalue weighted by Crippen LogP contribution is 2.29. The fraction of sp³-hybridized carbons (Fsp3) is 0.529. The standard InChI is InChI=1S/C17H21F3N2O3/c1-3-25-12(2)15(23)21-7-9-22(10-8-21)16(24)13-5-4-6-14(11-13)17(18,19)20/h4-6,11-12H,3,7-10H2,1-2H3. The van der Waals surface area contributed by atoms with Crippen LogP contribution in [0, 0.1) is 0 Å². The van der Waals surface area contributed by atoms with Crippen molar-refractivity contribution in [3.63, 3.8) is 0 Å². The van der Waals surface area contributed by atoms with Crippen molar-refractivity contribution >= 4 is 11.8 Å². The highest BCUT2D eigenvalue weighted by atomic mass is 19.4. The average molecular weight is 358 g/mol. The normalized spacial score (nSPS) is 16.7. The number of hydrogen-bond donors (Lipinski definition) is 0. The molecule has 0 spiro atoms. The van der Waals surface area contributed by atoms with Gasteiger partial charge in [-0.15, -0.1) is 0 Å². The maximum Gasteiger partial charge on any atom is 0.416 e. The van der Waals surface area contributed by atoms with Crippen LogP contribution in [0.2, 0.25) is 0 Å². The second-order valence-electron chi connectivity index (χ2n) is 5.79. The van der Waals surface area contributed by atoms with Crippen molar-refractivity contribution < 1.29 is 27.5 Å². The lowest BCUT2D eigenvalue weighted by molar-refractivity contribution is -0.143. The van der Waals surface area contributed by atoms with Gasteiger partial charge in [-0.1, -0.05) is 6.07 Å². The molecule has 2 rings (SSSR count). The van der Waals surface area contributed by atoms with E-state index in [1.807, 2.05) is 0 Å². The quantitative estimate of drug-likeness (QED) is 0.831. The summed E-state index contributed by atoms with van der Waals surface area (Å²) >= 11 is 0. The van der Waals surface area contributed by atoms with Gasteiger partial charge in [-0.25, -0.2) is 0 Å². The summed E-state index contributed by atoms with van der Waals surface area (Å²) in [7, 11) is 0. The average Bonchev–Trinajstić information content (AvgIpc) is 2.60. The number of nitrogens with zero attached hydrogens (tertiary/aromatic N) is 2. The van der Waals surface area contributed by atoms with Crippen molar-refractivity contribution in [2.75, 3.05) is 32.8 Å². The third-order valence-corrected chi connectivity index (χ3v) is 4.08. The van der Waals surface area contributed by atoms with E-state index in [1.165, 1.54) is 17.0 Å². The first-order valence-corrected chi connectivity index (χ1v) is 8.11. The van der Waals surface area contributed by atoms with Crippen LogP contribution < -0.4 is 0 Å². The number of halogens is 3. The summed E-state index contributed by atoms with van der Waals surface area (Å²) in [6, 6.07) is 4.38. The monoisotopic (exact) mass is 358 g/mol. The van der Waals surface area contributed by atoms with Gasteiger partial charge in [0.2, 0.25) is 0 Å². The van der Waals surface area contributed by atoms with Crippen molar-refractivity contribution in [1.29, 1.82) is 0 Å². The molecule has 25 heavy (non-hydrogen) atoms. The highest BCUT2D eigenvalue weighted by molar-refractivity contribution is 5.94. The Kier molecular flexibility index (Phi) is 6.05. The molecule has 0 saturated carbocycles. The van der Waals surface area contributed by atoms with E-state index in [1.54, 1.807) is 18.7 Å². The molecule has 1 fully saturated rings. The van der Waals surface area contributed by atoms with Gasteiger partial charge >= 0.3 is 6.18 Å². The van der Waals surface area contributed by atoms with E-state index in [-0.39, 0.29) is 24.6 Å². The van der Waals surface area contributed by atoms with Crippen LogP contribution in [0.4, 0.5) is 13.2 Å². The molecule has 1 unspecified atom stereocenters. The van der Waals surface area contributed by atoms with Crippen molar-refractivity contribution in [1.82, 2.24) is 9.80 Å². The van der Waals surface area contributed by atoms with Gasteiger partial charge in [0.1, 0.15) is 6.10 Å². The minimum Gasteiger partial charge on any atom is -0.369 e. The first-order chi connectivity index (χ1) is 11.7. The van der Waals surface area contributed by atoms with Gasteiger partial charge in [0.15, 0.2) is 0 Å². The lowest BCUT2D eigenvalue weighted by Crippen LogP contribution is -2.52. The number of carbonyl (C=O) groups excluding carboxylic acids is 2. The number of hydrogen-bond acceptors (Lipinski definition) is 3. The summed E-state index contributed by atoms with van der Waals surface area (Å²) in [6.07, 6.45) is -5.03. The van der Waals surface area contributed by atoms with Crippen LogP contribution in [0.25, 0.3) is 0 Å². The minimum atomic E-state index is -4.49. The first kappa shape index (κ1) is 19.2. The summed E-state index contributed by atoms with van der Waals surface area (Å²) in [4.78, 5) is 27.7. The van der Waals surface area contributed by atoms with Crippen LogP contribution >= 0.6 is 0 Å². The lowest BCUT2D eigenvalue weighted by atomic mass is 10.1. The Morgan fingerprint density at radius 1 is 1.16 bits per heavy atom. The van der Waals surface area contributed by atoms with Crippen LogP contribution in [0.1, 0.15) is 29.8 Å². The summed E-state index contributed by atoms with van der Waals surface area (Å²) in [6.45, 7) is 5.13. The summed E-state index contributed by atoms with van der Waals surface area (Å²) in [5, 5.41) is 0. The Hall–Kier alpha value is -2.09. The summed E-state index contributed by atoms with van der Waals surface area (Å²) in [5.41, 5.74) is -0.852. The Morgan fingerprint density at radius 3 is 2.32 bits per heavy atom. The Balaban J connectivity index is 1.99. The van der Waals surface area contributed by atoms with Gasteiger partial charge in [0.25, 0.3) is 11.8 Å². The van der Waals surface area contributed by atoms with Gasteiger partial charge in [0, 0.05) is 38.3 Å². The predicted octanol–water partition coefficient (Wildman–Crippen LogP) is 2.41. The maximum atomic E-state index is 12.8. The summed E-state index contributed by atoms with van der Waals surface area (Å²) < 4.78 is 43.6. The van der Waals surface area contributed by atoms with Gasteiger partial charge < -0.3 is 14.5 Å². The Morgan fingerprint density at radius 2 is 1.76 bits per heavy atom. The topological polar surface area (TPSA) is 49.9 Å². The molecule has 1 heterocycles. The second kappa shape index (κ2) is 7.86. The molecule has 0 radical (unpaired) electrons. The third-order valence-electron chi connectivity index (χ3n) is 4.08. The molecule has 0 bridgehead atoms. The maximum absolute atomic E-state index is 12.8. The van der Waals surface area contributed by atoms with Crippen LogP contribution in [-0.2, 0) is 15.7 Å². The largest absolute Gasteiger partial charge is 0.416 e. The molecule has 1 aromatic rings. The smallest absolute Gasteiger partial charge is 0.369 e. The molecule has 5 nitrogen and oxygen atoms in total. The van der Waals surface area contributed by atoms with Crippen molar-refractivity contribution in [3.05, 3.63) is 35.4 Å². The molecule has 1 aromatic carbocycles. The highest BCUT2D eigenvalue weighted by Gasteiger charge is 2.32. The SMILES string of the molecule is CCOC(C)C(=O)N1CCN(C(=O)c2cccc(C(F)(F)F)c2)CC1. The molecule has 0 aliphatic carbocycles. The van der Waals surface area contributed by atoms with E-state index in [4.69, 9.17) is 4.74 Å². The van der Waals surface area contributed by atoms with Gasteiger partial charge in [-0.05, 0) is 32.0 Å². The molecular formula is C17H21F3N2O3. The Labute approximate surface area is 144 Å². The minimum absolute atomic E-state index is 0.00251. The van der Waals surface area contributed by atoms with Crippen LogP contribution in [0.15, 0.2) is 24.3 Å². The molecule has 0 N–H and O–H groups in total. The fourth-order valence-corrected chi connectivity index (χ4v) is 2.72. The zero-order valence-electron chi connectivity index (χ0n) is 14.2. The number of amides is 2. The van der Waals surface area contributed by atoms with E-state index < -0.39 is 23.8 Å². The van der Waals surface area contributed by atoms with Crippen molar-refractivity contribution in [2.24, 2.45) is 0 Å². The third kappa shape index (κ3) is 4.72. The molecule has 1 aliphatic rings. The number of carbonyl (C=O) groups is 2. The number of piperazine rings is 1. The van der Waals surface area contributed by atoms with Crippen LogP contribution in [0.3, 0.4) is 0 Å². The van der Waals surface area contributed by atoms with Crippen molar-refractivity contribution in [2.45, 2.75) is 26.1 Å². The molecule has 1 atom stereocenters. The molecule has 138 valence electrons. The molecule has 0 aromatic heterocycles. The van der Waals surface area contributed by atoms with Crippen molar-refractivity contribution in [3.8, 4) is 0 Å². The van der Waals surface area contributed by atoms with E-state index in [0.29, 0.717) is 19.7 Å². The zero-order valence-corrected chi connectivity index (χ0v) is 14.2. The molecule has 8 heteroatoms. The first-order valence-electron chi connectivity index (χ1n) is 8.11. The van der Waals surface area contributed by atoms with E-state index in [2.05, 4.69) is 0 Å². The Bertz CT molecular complexity index is 626. The fourth-order valence-electron chi connectivity index (χ4n) is 2.72. The molecule has 1 saturated heterocycles. The van der Waals surface area contributed by atoms with Crippen LogP contribution in [0.5, 0.6) is 0 Å². The number of alkyl halides is 3. The zero-order chi connectivity index (χ0) is 18.6. The molecule has 2 amide bonds. The van der Waals surface area contributed by atoms with Gasteiger partial charge in [-0.2, -0.15) is 13.2 Å². The number of ether oxygens (including phenoxy) is 1. The van der Waals surface area contributed by atoms with Crippen LogP contribution in [-0.4, -0.2) is 60.5 Å². The molecular weight excluding hydrogens is 337 g/mol. The van der Waals surface area contributed by atoms with Gasteiger partial charge in [0.05, 0.1) is 5.56 Å². The van der Waals surface area contributed by atoms with E-state index in [9.17, 15) is 22.8 Å². The van der Waals surface area contributed by atoms with E-state index >= 15 is 0 Å². The molecule has 1 aliphatic heterocycles. The summed E-state index contributed by atoms with van der Waals surface area (Å²) in [5.74, 6) is -0.607. The van der Waals surface area contributed by atoms with Gasteiger partial charge in [-0.3, -0.25) is 9.59 Å². The predicted molar refractivity (Wildman–Crippen MR) is 85.0 cm³/mol. The second-order valence-corrected chi connectivity index (χ2v) is 5.79.